The summed E-state index contributed by atoms with van der Waals surface area (Å²) in [6.45, 7) is 1.95. The average Bonchev–Trinajstić information content (AvgIpc) is 2.96. The molecule has 0 atom stereocenters. The topological polar surface area (TPSA) is 93.1 Å². The van der Waals surface area contributed by atoms with Gasteiger partial charge in [-0.25, -0.2) is 13.2 Å². The lowest BCUT2D eigenvalue weighted by molar-refractivity contribution is 0.0702. The minimum atomic E-state index is -3.90. The first kappa shape index (κ1) is 16.6. The molecule has 3 rings (SSSR count). The van der Waals surface area contributed by atoms with E-state index < -0.39 is 16.0 Å². The van der Waals surface area contributed by atoms with Crippen LogP contribution in [0.2, 0.25) is 0 Å². The summed E-state index contributed by atoms with van der Waals surface area (Å²) >= 11 is 0.941. The number of carboxylic acid groups (broad SMARTS) is 1. The van der Waals surface area contributed by atoms with E-state index in [-0.39, 0.29) is 22.9 Å². The van der Waals surface area contributed by atoms with E-state index in [1.54, 1.807) is 25.1 Å². The number of ether oxygens (including phenoxy) is 2. The van der Waals surface area contributed by atoms with Gasteiger partial charge in [-0.3, -0.25) is 4.31 Å². The number of sulfonamides is 1. The van der Waals surface area contributed by atoms with Crippen molar-refractivity contribution in [2.45, 2.75) is 11.8 Å². The Morgan fingerprint density at radius 2 is 2.12 bits per heavy atom. The van der Waals surface area contributed by atoms with E-state index in [1.165, 1.54) is 17.5 Å². The van der Waals surface area contributed by atoms with Crippen molar-refractivity contribution in [2.24, 2.45) is 0 Å². The fraction of sp³-hybridized carbons (Fsp3) is 0.267. The maximum Gasteiger partial charge on any atom is 0.345 e. The highest BCUT2D eigenvalue weighted by Crippen LogP contribution is 2.39. The van der Waals surface area contributed by atoms with Crippen LogP contribution in [0.15, 0.2) is 29.2 Å². The molecular weight excluding hydrogens is 354 g/mol. The molecule has 0 amide bonds. The summed E-state index contributed by atoms with van der Waals surface area (Å²) in [7, 11) is -2.41. The van der Waals surface area contributed by atoms with Crippen LogP contribution in [0.5, 0.6) is 11.5 Å². The molecule has 0 spiro atoms. The summed E-state index contributed by atoms with van der Waals surface area (Å²) in [6.07, 6.45) is 0. The van der Waals surface area contributed by atoms with E-state index in [0.29, 0.717) is 22.1 Å². The molecule has 1 aliphatic rings. The van der Waals surface area contributed by atoms with Crippen molar-refractivity contribution in [3.05, 3.63) is 34.0 Å². The molecule has 0 unspecified atom stereocenters. The number of thiophene rings is 1. The van der Waals surface area contributed by atoms with Gasteiger partial charge < -0.3 is 14.6 Å². The number of hydrogen-bond acceptors (Lipinski definition) is 6. The lowest BCUT2D eigenvalue weighted by atomic mass is 10.2. The molecule has 0 bridgehead atoms. The second-order valence-corrected chi connectivity index (χ2v) is 8.18. The third-order valence-corrected chi connectivity index (χ3v) is 6.74. The van der Waals surface area contributed by atoms with Gasteiger partial charge in [0.2, 0.25) is 0 Å². The molecule has 0 saturated heterocycles. The minimum Gasteiger partial charge on any atom is -0.497 e. The Balaban J connectivity index is 2.11. The number of nitrogens with zero attached hydrogens (tertiary/aromatic N) is 1. The first-order valence-corrected chi connectivity index (χ1v) is 9.27. The van der Waals surface area contributed by atoms with Crippen LogP contribution in [0, 0.1) is 6.92 Å². The number of anilines is 1. The first-order valence-electron chi connectivity index (χ1n) is 7.02. The molecule has 1 aromatic heterocycles. The molecule has 7 nitrogen and oxygen atoms in total. The summed E-state index contributed by atoms with van der Waals surface area (Å²) in [6, 6.07) is 6.13. The minimum absolute atomic E-state index is 0.000528. The molecule has 0 aliphatic carbocycles. The van der Waals surface area contributed by atoms with Crippen LogP contribution in [-0.2, 0) is 10.0 Å². The van der Waals surface area contributed by atoms with Gasteiger partial charge >= 0.3 is 5.97 Å². The maximum atomic E-state index is 13.0. The van der Waals surface area contributed by atoms with Crippen LogP contribution >= 0.6 is 11.3 Å². The largest absolute Gasteiger partial charge is 0.497 e. The molecule has 1 aliphatic heterocycles. The Hall–Kier alpha value is -2.26. The summed E-state index contributed by atoms with van der Waals surface area (Å²) in [5, 5.41) is 9.09. The van der Waals surface area contributed by atoms with Crippen LogP contribution in [0.3, 0.4) is 0 Å². The predicted octanol–water partition coefficient (Wildman–Crippen LogP) is 2.35. The molecule has 2 heterocycles. The molecule has 9 heteroatoms. The number of aromatic carboxylic acids is 1. The molecule has 128 valence electrons. The maximum absolute atomic E-state index is 13.0. The Morgan fingerprint density at radius 3 is 2.75 bits per heavy atom. The predicted molar refractivity (Wildman–Crippen MR) is 89.0 cm³/mol. The van der Waals surface area contributed by atoms with Crippen LogP contribution in [0.1, 0.15) is 14.5 Å². The van der Waals surface area contributed by atoms with Gasteiger partial charge in [0.1, 0.15) is 27.9 Å². The fourth-order valence-corrected chi connectivity index (χ4v) is 5.35. The summed E-state index contributed by atoms with van der Waals surface area (Å²) in [4.78, 5) is 11.5. The normalized spacial score (nSPS) is 14.0. The zero-order valence-electron chi connectivity index (χ0n) is 13.0. The van der Waals surface area contributed by atoms with Crippen LogP contribution < -0.4 is 13.8 Å². The number of carbonyl (C=O) groups is 1. The van der Waals surface area contributed by atoms with Crippen molar-refractivity contribution in [1.82, 2.24) is 0 Å². The highest BCUT2D eigenvalue weighted by Gasteiger charge is 2.33. The molecule has 0 radical (unpaired) electrons. The van der Waals surface area contributed by atoms with Gasteiger partial charge in [-0.15, -0.1) is 11.3 Å². The number of aryl methyl sites for hydroxylation is 1. The molecule has 1 aromatic carbocycles. The second kappa shape index (κ2) is 5.99. The molecule has 1 N–H and O–H groups in total. The Kier molecular flexibility index (Phi) is 4.14. The van der Waals surface area contributed by atoms with Crippen molar-refractivity contribution in [2.75, 3.05) is 24.6 Å². The van der Waals surface area contributed by atoms with E-state index >= 15 is 0 Å². The molecule has 0 saturated carbocycles. The van der Waals surface area contributed by atoms with Gasteiger partial charge in [0.05, 0.1) is 19.3 Å². The monoisotopic (exact) mass is 369 g/mol. The highest BCUT2D eigenvalue weighted by molar-refractivity contribution is 7.93. The summed E-state index contributed by atoms with van der Waals surface area (Å²) in [5.41, 5.74) is 0.378. The van der Waals surface area contributed by atoms with E-state index in [9.17, 15) is 13.2 Å². The van der Waals surface area contributed by atoms with Crippen LogP contribution in [-0.4, -0.2) is 39.8 Å². The Labute approximate surface area is 143 Å². The summed E-state index contributed by atoms with van der Waals surface area (Å²) < 4.78 is 38.0. The quantitative estimate of drug-likeness (QED) is 0.889. The van der Waals surface area contributed by atoms with Gasteiger partial charge in [0.25, 0.3) is 10.0 Å². The van der Waals surface area contributed by atoms with Gasteiger partial charge in [-0.2, -0.15) is 0 Å². The van der Waals surface area contributed by atoms with Crippen molar-refractivity contribution in [3.8, 4) is 11.5 Å². The van der Waals surface area contributed by atoms with Gasteiger partial charge in [0, 0.05) is 10.9 Å². The average molecular weight is 369 g/mol. The molecule has 2 aromatic rings. The number of hydrogen-bond donors (Lipinski definition) is 1. The van der Waals surface area contributed by atoms with Gasteiger partial charge in [-0.1, -0.05) is 0 Å². The third-order valence-electron chi connectivity index (χ3n) is 3.64. The fourth-order valence-electron chi connectivity index (χ4n) is 2.50. The van der Waals surface area contributed by atoms with Crippen molar-refractivity contribution >= 4 is 33.0 Å². The molecule has 0 fully saturated rings. The number of rotatable bonds is 4. The first-order chi connectivity index (χ1) is 11.3. The van der Waals surface area contributed by atoms with Gasteiger partial charge in [-0.05, 0) is 25.1 Å². The number of methoxy groups -OCH3 is 1. The SMILES string of the molecule is COc1ccc2c(c1)N(S(=O)(=O)c1cc(C(=O)O)sc1C)CCO2. The Bertz CT molecular complexity index is 903. The van der Waals surface area contributed by atoms with Crippen LogP contribution in [0.25, 0.3) is 0 Å². The molecular formula is C15H15NO6S2. The lowest BCUT2D eigenvalue weighted by Gasteiger charge is -2.30. The van der Waals surface area contributed by atoms with E-state index in [1.807, 2.05) is 0 Å². The standard InChI is InChI=1S/C15H15NO6S2/c1-9-14(8-13(23-9)15(17)18)24(19,20)16-5-6-22-12-4-3-10(21-2)7-11(12)16/h3-4,7-8H,5-6H2,1-2H3,(H,17,18). The van der Waals surface area contributed by atoms with Crippen LogP contribution in [0.4, 0.5) is 5.69 Å². The highest BCUT2D eigenvalue weighted by atomic mass is 32.2. The zero-order chi connectivity index (χ0) is 17.5. The third kappa shape index (κ3) is 2.69. The zero-order valence-corrected chi connectivity index (χ0v) is 14.6. The van der Waals surface area contributed by atoms with E-state index in [2.05, 4.69) is 0 Å². The smallest absolute Gasteiger partial charge is 0.345 e. The number of carboxylic acids is 1. The lowest BCUT2D eigenvalue weighted by Crippen LogP contribution is -2.38. The van der Waals surface area contributed by atoms with E-state index in [4.69, 9.17) is 14.6 Å². The second-order valence-electron chi connectivity index (χ2n) is 5.10. The number of benzene rings is 1. The summed E-state index contributed by atoms with van der Waals surface area (Å²) in [5.74, 6) is -0.196. The van der Waals surface area contributed by atoms with E-state index in [0.717, 1.165) is 11.3 Å². The Morgan fingerprint density at radius 1 is 1.38 bits per heavy atom. The molecule has 24 heavy (non-hydrogen) atoms. The van der Waals surface area contributed by atoms with Crippen molar-refractivity contribution in [1.29, 1.82) is 0 Å². The number of fused-ring (bicyclic) bond motifs is 1. The van der Waals surface area contributed by atoms with Gasteiger partial charge in [0.15, 0.2) is 0 Å². The van der Waals surface area contributed by atoms with Crippen molar-refractivity contribution < 1.29 is 27.8 Å². The van der Waals surface area contributed by atoms with Crippen molar-refractivity contribution in [3.63, 3.8) is 0 Å².